The van der Waals surface area contributed by atoms with Gasteiger partial charge in [-0.05, 0) is 51.5 Å². The fourth-order valence-corrected chi connectivity index (χ4v) is 5.57. The van der Waals surface area contributed by atoms with E-state index in [-0.39, 0.29) is 41.5 Å². The van der Waals surface area contributed by atoms with Gasteiger partial charge in [-0.2, -0.15) is 13.2 Å². The fraction of sp³-hybridized carbons (Fsp3) is 0.433. The predicted octanol–water partition coefficient (Wildman–Crippen LogP) is 4.56. The first-order chi connectivity index (χ1) is 21.0. The number of nitrogens with one attached hydrogen (secondary N) is 1. The molecule has 240 valence electrons. The topological polar surface area (TPSA) is 114 Å². The minimum Gasteiger partial charge on any atom is -0.443 e. The van der Waals surface area contributed by atoms with Gasteiger partial charge in [-0.3, -0.25) is 19.0 Å². The van der Waals surface area contributed by atoms with Crippen LogP contribution in [0.4, 0.5) is 32.6 Å². The van der Waals surface area contributed by atoms with Crippen LogP contribution in [-0.2, 0) is 9.53 Å². The van der Waals surface area contributed by atoms with Gasteiger partial charge in [-0.15, -0.1) is 0 Å². The molecule has 1 N–H and O–H groups in total. The lowest BCUT2D eigenvalue weighted by molar-refractivity contribution is -0.153. The molecule has 3 aromatic rings. The van der Waals surface area contributed by atoms with Crippen molar-refractivity contribution < 1.29 is 41.1 Å². The van der Waals surface area contributed by atoms with Gasteiger partial charge in [0.2, 0.25) is 11.3 Å². The van der Waals surface area contributed by atoms with E-state index in [0.29, 0.717) is 12.6 Å². The van der Waals surface area contributed by atoms with E-state index in [0.717, 1.165) is 27.8 Å². The average Bonchev–Trinajstić information content (AvgIpc) is 3.49. The smallest absolute Gasteiger partial charge is 0.417 e. The first-order valence-corrected chi connectivity index (χ1v) is 14.2. The Morgan fingerprint density at radius 1 is 1.07 bits per heavy atom. The quantitative estimate of drug-likeness (QED) is 0.409. The normalized spacial score (nSPS) is 19.2. The van der Waals surface area contributed by atoms with E-state index < -0.39 is 70.7 Å². The molecule has 3 amide bonds. The van der Waals surface area contributed by atoms with Gasteiger partial charge in [0.15, 0.2) is 5.65 Å². The van der Waals surface area contributed by atoms with Gasteiger partial charge in [0.25, 0.3) is 5.91 Å². The second-order valence-electron chi connectivity index (χ2n) is 12.1. The van der Waals surface area contributed by atoms with Crippen molar-refractivity contribution in [2.75, 3.05) is 24.5 Å². The van der Waals surface area contributed by atoms with Gasteiger partial charge in [-0.25, -0.2) is 23.5 Å². The summed E-state index contributed by atoms with van der Waals surface area (Å²) in [5.74, 6) is -4.22. The van der Waals surface area contributed by atoms with Crippen molar-refractivity contribution in [3.8, 4) is 5.69 Å². The number of halogens is 5. The fourth-order valence-electron chi connectivity index (χ4n) is 5.57. The third-order valence-electron chi connectivity index (χ3n) is 7.74. The Morgan fingerprint density at radius 3 is 2.38 bits per heavy atom. The molecular formula is C30H30F5N5O5. The maximum atomic E-state index is 15.0. The summed E-state index contributed by atoms with van der Waals surface area (Å²) in [4.78, 5) is 59.3. The zero-order chi connectivity index (χ0) is 33.0. The lowest BCUT2D eigenvalue weighted by Crippen LogP contribution is -2.46. The van der Waals surface area contributed by atoms with Crippen LogP contribution in [0.5, 0.6) is 0 Å². The van der Waals surface area contributed by atoms with Gasteiger partial charge >= 0.3 is 12.3 Å². The van der Waals surface area contributed by atoms with Gasteiger partial charge in [0, 0.05) is 37.8 Å². The highest BCUT2D eigenvalue weighted by Crippen LogP contribution is 2.36. The number of alkyl halides is 3. The van der Waals surface area contributed by atoms with Crippen molar-refractivity contribution in [2.45, 2.75) is 51.9 Å². The van der Waals surface area contributed by atoms with E-state index in [4.69, 9.17) is 4.74 Å². The molecule has 45 heavy (non-hydrogen) atoms. The van der Waals surface area contributed by atoms with E-state index in [1.54, 1.807) is 25.7 Å². The second-order valence-corrected chi connectivity index (χ2v) is 12.1. The summed E-state index contributed by atoms with van der Waals surface area (Å²) in [7, 11) is 0. The van der Waals surface area contributed by atoms with Crippen LogP contribution in [0.15, 0.2) is 41.3 Å². The number of hydrogen-bond acceptors (Lipinski definition) is 7. The molecule has 2 aliphatic heterocycles. The number of carbonyl (C=O) groups excluding carboxylic acids is 3. The van der Waals surface area contributed by atoms with Crippen LogP contribution in [0.3, 0.4) is 0 Å². The largest absolute Gasteiger partial charge is 0.443 e. The summed E-state index contributed by atoms with van der Waals surface area (Å²) in [6.07, 6.45) is -5.14. The summed E-state index contributed by atoms with van der Waals surface area (Å²) < 4.78 is 75.2. The number of likely N-dealkylation sites (tertiary alicyclic amines) is 1. The van der Waals surface area contributed by atoms with Crippen molar-refractivity contribution in [3.63, 3.8) is 0 Å². The first-order valence-electron chi connectivity index (χ1n) is 14.2. The molecule has 0 radical (unpaired) electrons. The molecule has 0 spiro atoms. The summed E-state index contributed by atoms with van der Waals surface area (Å²) in [6, 6.07) is 3.06. The molecule has 3 atom stereocenters. The van der Waals surface area contributed by atoms with Gasteiger partial charge < -0.3 is 15.0 Å². The number of amides is 3. The van der Waals surface area contributed by atoms with E-state index in [1.165, 1.54) is 19.1 Å². The van der Waals surface area contributed by atoms with E-state index in [1.807, 2.05) is 5.32 Å². The van der Waals surface area contributed by atoms with Crippen LogP contribution in [0.1, 0.15) is 44.5 Å². The average molecular weight is 636 g/mol. The highest BCUT2D eigenvalue weighted by atomic mass is 19.4. The van der Waals surface area contributed by atoms with Crippen molar-refractivity contribution in [1.29, 1.82) is 0 Å². The van der Waals surface area contributed by atoms with Crippen LogP contribution in [-0.4, -0.2) is 69.8 Å². The van der Waals surface area contributed by atoms with Gasteiger partial charge in [0.1, 0.15) is 34.7 Å². The number of ether oxygens (including phenoxy) is 1. The minimum atomic E-state index is -4.78. The Bertz CT molecular complexity index is 1750. The Morgan fingerprint density at radius 2 is 1.78 bits per heavy atom. The maximum absolute atomic E-state index is 15.0. The van der Waals surface area contributed by atoms with Crippen molar-refractivity contribution in [3.05, 3.63) is 63.9 Å². The molecule has 0 saturated carbocycles. The summed E-state index contributed by atoms with van der Waals surface area (Å²) in [5.41, 5.74) is -2.90. The molecule has 0 bridgehead atoms. The Hall–Kier alpha value is -4.56. The maximum Gasteiger partial charge on any atom is 0.417 e. The summed E-state index contributed by atoms with van der Waals surface area (Å²) >= 11 is 0. The Labute approximate surface area is 253 Å². The third kappa shape index (κ3) is 6.20. The van der Waals surface area contributed by atoms with Gasteiger partial charge in [-0.1, -0.05) is 6.92 Å². The predicted molar refractivity (Wildman–Crippen MR) is 152 cm³/mol. The molecular weight excluding hydrogens is 605 g/mol. The molecule has 1 aromatic carbocycles. The number of fused-ring (bicyclic) bond motifs is 2. The summed E-state index contributed by atoms with van der Waals surface area (Å²) in [5, 5.41) is 1.60. The lowest BCUT2D eigenvalue weighted by Gasteiger charge is -2.25. The second kappa shape index (κ2) is 11.4. The van der Waals surface area contributed by atoms with Gasteiger partial charge in [0.05, 0.1) is 17.0 Å². The lowest BCUT2D eigenvalue weighted by atomic mass is 10.0. The number of anilines is 1. The highest BCUT2D eigenvalue weighted by Gasteiger charge is 2.49. The van der Waals surface area contributed by atoms with Crippen molar-refractivity contribution in [2.24, 2.45) is 11.8 Å². The Kier molecular flexibility index (Phi) is 8.08. The molecule has 2 aromatic heterocycles. The van der Waals surface area contributed by atoms with Crippen LogP contribution < -0.4 is 15.6 Å². The number of imide groups is 1. The SMILES string of the molecule is CCC(NC(=O)c1cn(-c2ccc(F)cc2F)c2nc(N3CC4CN(C(=O)OC(C)(C)C)C(=O)C4C3)ccc2c1=O)C(F)(F)F. The number of nitrogens with zero attached hydrogens (tertiary/aromatic N) is 4. The molecule has 15 heteroatoms. The van der Waals surface area contributed by atoms with Crippen LogP contribution in [0, 0.1) is 23.5 Å². The van der Waals surface area contributed by atoms with Crippen LogP contribution in [0.25, 0.3) is 16.7 Å². The standard InChI is InChI=1S/C30H30F5N5O5/c1-5-22(30(33,34)35)36-26(42)19-14-39(21-8-6-16(31)10-20(21)32)25-17(24(19)41)7-9-23(37-25)38-11-15-12-40(27(43)18(15)13-38)28(44)45-29(2,3)4/h6-10,14-15,18,22H,5,11-13H2,1-4H3,(H,36,42). The highest BCUT2D eigenvalue weighted by molar-refractivity contribution is 5.98. The molecule has 0 aliphatic carbocycles. The molecule has 2 aliphatic rings. The zero-order valence-electron chi connectivity index (χ0n) is 24.7. The monoisotopic (exact) mass is 635 g/mol. The van der Waals surface area contributed by atoms with Crippen molar-refractivity contribution in [1.82, 2.24) is 19.8 Å². The molecule has 5 rings (SSSR count). The Balaban J connectivity index is 1.52. The number of benzene rings is 1. The number of rotatable bonds is 5. The molecule has 4 heterocycles. The molecule has 2 fully saturated rings. The molecule has 10 nitrogen and oxygen atoms in total. The van der Waals surface area contributed by atoms with Crippen molar-refractivity contribution >= 4 is 34.8 Å². The number of pyridine rings is 2. The van der Waals surface area contributed by atoms with E-state index >= 15 is 4.39 Å². The zero-order valence-corrected chi connectivity index (χ0v) is 24.7. The van der Waals surface area contributed by atoms with Crippen LogP contribution >= 0.6 is 0 Å². The first kappa shape index (κ1) is 31.9. The van der Waals surface area contributed by atoms with E-state index in [9.17, 15) is 36.7 Å². The minimum absolute atomic E-state index is 0.128. The van der Waals surface area contributed by atoms with E-state index in [2.05, 4.69) is 4.98 Å². The number of carbonyl (C=O) groups is 3. The number of aromatic nitrogens is 2. The number of hydrogen-bond donors (Lipinski definition) is 1. The molecule has 3 unspecified atom stereocenters. The molecule has 2 saturated heterocycles. The van der Waals surface area contributed by atoms with Crippen LogP contribution in [0.2, 0.25) is 0 Å². The third-order valence-corrected chi connectivity index (χ3v) is 7.74. The summed E-state index contributed by atoms with van der Waals surface area (Å²) in [6.45, 7) is 6.89.